The van der Waals surface area contributed by atoms with Gasteiger partial charge in [-0.3, -0.25) is 4.79 Å². The molecule has 0 amide bonds. The number of rotatable bonds is 2. The molecule has 7 nitrogen and oxygen atoms in total. The first-order valence-electron chi connectivity index (χ1n) is 4.50. The van der Waals surface area contributed by atoms with Gasteiger partial charge < -0.3 is 19.7 Å². The number of fused-ring (bicyclic) bond motifs is 1. The van der Waals surface area contributed by atoms with E-state index in [2.05, 4.69) is 4.89 Å². The van der Waals surface area contributed by atoms with Crippen LogP contribution in [0, 0.1) is 0 Å². The molecular formula is C10H8O7. The third-order valence-corrected chi connectivity index (χ3v) is 2.20. The molecule has 0 fully saturated rings. The molecule has 0 saturated heterocycles. The summed E-state index contributed by atoms with van der Waals surface area (Å²) in [6.45, 7) is 0. The maximum atomic E-state index is 11.6. The highest BCUT2D eigenvalue weighted by Crippen LogP contribution is 2.28. The Morgan fingerprint density at radius 3 is 2.53 bits per heavy atom. The van der Waals surface area contributed by atoms with Crippen LogP contribution in [0.5, 0.6) is 5.75 Å². The van der Waals surface area contributed by atoms with Gasteiger partial charge in [0, 0.05) is 0 Å². The number of aromatic hydroxyl groups is 1. The molecule has 1 heterocycles. The second kappa shape index (κ2) is 3.82. The summed E-state index contributed by atoms with van der Waals surface area (Å²) < 4.78 is 4.89. The predicted octanol–water partition coefficient (Wildman–Crippen LogP) is 0.0831. The summed E-state index contributed by atoms with van der Waals surface area (Å²) >= 11 is 0. The van der Waals surface area contributed by atoms with Crippen molar-refractivity contribution in [2.75, 3.05) is 0 Å². The van der Waals surface area contributed by atoms with Crippen molar-refractivity contribution in [3.63, 3.8) is 0 Å². The van der Waals surface area contributed by atoms with Crippen LogP contribution >= 0.6 is 0 Å². The summed E-state index contributed by atoms with van der Waals surface area (Å²) in [7, 11) is 0. The lowest BCUT2D eigenvalue weighted by Gasteiger charge is -2.16. The Kier molecular flexibility index (Phi) is 2.60. The van der Waals surface area contributed by atoms with Crippen LogP contribution in [0.3, 0.4) is 0 Å². The first kappa shape index (κ1) is 11.6. The first-order valence-corrected chi connectivity index (χ1v) is 4.50. The standard InChI is InChI=1S/C10H8O7/c11-7-5-3-1-2-4-6(5)16-9(8(7)12)10(13,14)17-15/h1-4,12-15H. The lowest BCUT2D eigenvalue weighted by Crippen LogP contribution is -2.29. The summed E-state index contributed by atoms with van der Waals surface area (Å²) in [5.74, 6) is -5.35. The summed E-state index contributed by atoms with van der Waals surface area (Å²) in [5.41, 5.74) is -0.860. The van der Waals surface area contributed by atoms with E-state index < -0.39 is 22.9 Å². The first-order chi connectivity index (χ1) is 7.97. The van der Waals surface area contributed by atoms with Gasteiger partial charge >= 0.3 is 5.97 Å². The average molecular weight is 240 g/mol. The minimum Gasteiger partial charge on any atom is -0.502 e. The molecule has 4 N–H and O–H groups in total. The van der Waals surface area contributed by atoms with E-state index in [0.29, 0.717) is 0 Å². The second-order valence-electron chi connectivity index (χ2n) is 3.30. The van der Waals surface area contributed by atoms with Gasteiger partial charge in [0.15, 0.2) is 0 Å². The fourth-order valence-electron chi connectivity index (χ4n) is 1.39. The molecule has 2 rings (SSSR count). The average Bonchev–Trinajstić information content (AvgIpc) is 2.33. The van der Waals surface area contributed by atoms with E-state index in [1.54, 1.807) is 12.1 Å². The molecule has 7 heteroatoms. The largest absolute Gasteiger partial charge is 0.502 e. The van der Waals surface area contributed by atoms with Crippen LogP contribution < -0.4 is 5.43 Å². The fraction of sp³-hybridized carbons (Fsp3) is 0.100. The van der Waals surface area contributed by atoms with Gasteiger partial charge in [-0.1, -0.05) is 12.1 Å². The van der Waals surface area contributed by atoms with Gasteiger partial charge in [-0.2, -0.15) is 4.89 Å². The molecule has 0 aliphatic rings. The van der Waals surface area contributed by atoms with Crippen LogP contribution in [-0.2, 0) is 10.9 Å². The summed E-state index contributed by atoms with van der Waals surface area (Å²) in [6.07, 6.45) is 0. The van der Waals surface area contributed by atoms with Crippen molar-refractivity contribution in [3.05, 3.63) is 40.2 Å². The van der Waals surface area contributed by atoms with Crippen LogP contribution in [0.25, 0.3) is 11.0 Å². The maximum Gasteiger partial charge on any atom is 0.372 e. The highest BCUT2D eigenvalue weighted by atomic mass is 17.2. The quantitative estimate of drug-likeness (QED) is 0.333. The van der Waals surface area contributed by atoms with Gasteiger partial charge in [0.05, 0.1) is 5.39 Å². The lowest BCUT2D eigenvalue weighted by atomic mass is 10.2. The topological polar surface area (TPSA) is 120 Å². The van der Waals surface area contributed by atoms with Crippen LogP contribution in [0.1, 0.15) is 5.76 Å². The Labute approximate surface area is 93.7 Å². The van der Waals surface area contributed by atoms with Crippen LogP contribution in [0.2, 0.25) is 0 Å². The summed E-state index contributed by atoms with van der Waals surface area (Å²) in [4.78, 5) is 15.0. The SMILES string of the molecule is O=c1c(O)c(C(O)(O)OO)oc2ccccc12. The van der Waals surface area contributed by atoms with Crippen molar-refractivity contribution in [2.24, 2.45) is 0 Å². The predicted molar refractivity (Wildman–Crippen MR) is 54.0 cm³/mol. The normalized spacial score (nSPS) is 11.9. The summed E-state index contributed by atoms with van der Waals surface area (Å²) in [5, 5.41) is 36.1. The van der Waals surface area contributed by atoms with Crippen molar-refractivity contribution in [1.29, 1.82) is 0 Å². The molecule has 0 unspecified atom stereocenters. The van der Waals surface area contributed by atoms with E-state index in [1.807, 2.05) is 0 Å². The van der Waals surface area contributed by atoms with Gasteiger partial charge in [0.1, 0.15) is 5.58 Å². The monoisotopic (exact) mass is 240 g/mol. The van der Waals surface area contributed by atoms with E-state index in [0.717, 1.165) is 0 Å². The van der Waals surface area contributed by atoms with Crippen molar-refractivity contribution in [2.45, 2.75) is 5.97 Å². The van der Waals surface area contributed by atoms with Crippen molar-refractivity contribution < 1.29 is 29.9 Å². The molecule has 0 aliphatic carbocycles. The van der Waals surface area contributed by atoms with Crippen molar-refractivity contribution in [1.82, 2.24) is 0 Å². The molecule has 0 radical (unpaired) electrons. The van der Waals surface area contributed by atoms with Crippen LogP contribution in [0.15, 0.2) is 33.5 Å². The van der Waals surface area contributed by atoms with E-state index >= 15 is 0 Å². The van der Waals surface area contributed by atoms with Gasteiger partial charge in [-0.15, -0.1) is 0 Å². The van der Waals surface area contributed by atoms with E-state index in [9.17, 15) is 9.90 Å². The number of hydrogen-bond donors (Lipinski definition) is 4. The van der Waals surface area contributed by atoms with Gasteiger partial charge in [-0.05, 0) is 12.1 Å². The molecular weight excluding hydrogens is 232 g/mol. The number of hydrogen-bond acceptors (Lipinski definition) is 7. The van der Waals surface area contributed by atoms with E-state index in [4.69, 9.17) is 19.9 Å². The Balaban J connectivity index is 2.84. The molecule has 0 saturated carbocycles. The molecule has 0 atom stereocenters. The number of benzene rings is 1. The minimum absolute atomic E-state index is 0.00910. The Bertz CT molecular complexity index is 614. The van der Waals surface area contributed by atoms with Gasteiger partial charge in [0.2, 0.25) is 16.9 Å². The second-order valence-corrected chi connectivity index (χ2v) is 3.30. The van der Waals surface area contributed by atoms with E-state index in [-0.39, 0.29) is 11.0 Å². The Morgan fingerprint density at radius 2 is 1.88 bits per heavy atom. The van der Waals surface area contributed by atoms with Crippen molar-refractivity contribution in [3.8, 4) is 5.75 Å². The fourth-order valence-corrected chi connectivity index (χ4v) is 1.39. The van der Waals surface area contributed by atoms with Crippen LogP contribution in [0.4, 0.5) is 0 Å². The molecule has 1 aromatic heterocycles. The van der Waals surface area contributed by atoms with Gasteiger partial charge in [-0.25, -0.2) is 5.26 Å². The Hall–Kier alpha value is -1.93. The zero-order valence-corrected chi connectivity index (χ0v) is 8.32. The number of para-hydroxylation sites is 1. The minimum atomic E-state index is -3.30. The molecule has 1 aromatic carbocycles. The lowest BCUT2D eigenvalue weighted by molar-refractivity contribution is -0.486. The maximum absolute atomic E-state index is 11.6. The molecule has 0 spiro atoms. The zero-order valence-electron chi connectivity index (χ0n) is 8.32. The smallest absolute Gasteiger partial charge is 0.372 e. The highest BCUT2D eigenvalue weighted by Gasteiger charge is 2.36. The van der Waals surface area contributed by atoms with Gasteiger partial charge in [0.25, 0.3) is 0 Å². The number of aliphatic hydroxyl groups is 2. The third-order valence-electron chi connectivity index (χ3n) is 2.20. The molecule has 0 bridgehead atoms. The zero-order chi connectivity index (χ0) is 12.6. The molecule has 2 aromatic rings. The molecule has 17 heavy (non-hydrogen) atoms. The summed E-state index contributed by atoms with van der Waals surface area (Å²) in [6, 6.07) is 5.86. The Morgan fingerprint density at radius 1 is 1.24 bits per heavy atom. The van der Waals surface area contributed by atoms with Crippen LogP contribution in [-0.4, -0.2) is 20.6 Å². The molecule has 0 aliphatic heterocycles. The van der Waals surface area contributed by atoms with Crippen molar-refractivity contribution >= 4 is 11.0 Å². The third kappa shape index (κ3) is 1.77. The molecule has 90 valence electrons. The highest BCUT2D eigenvalue weighted by molar-refractivity contribution is 5.77. The van der Waals surface area contributed by atoms with E-state index in [1.165, 1.54) is 12.1 Å².